The van der Waals surface area contributed by atoms with Crippen LogP contribution in [0, 0.1) is 12.8 Å². The molecule has 0 bridgehead atoms. The molecule has 0 amide bonds. The van der Waals surface area contributed by atoms with Crippen LogP contribution < -0.4 is 11.3 Å². The number of aryl methyl sites for hydroxylation is 1. The minimum Gasteiger partial charge on any atom is -0.271 e. The quantitative estimate of drug-likeness (QED) is 0.645. The highest BCUT2D eigenvalue weighted by Gasteiger charge is 2.19. The van der Waals surface area contributed by atoms with Gasteiger partial charge in [0.2, 0.25) is 0 Å². The van der Waals surface area contributed by atoms with Gasteiger partial charge >= 0.3 is 0 Å². The molecule has 0 heterocycles. The molecule has 2 nitrogen and oxygen atoms in total. The van der Waals surface area contributed by atoms with E-state index in [1.165, 1.54) is 43.2 Å². The second-order valence-corrected chi connectivity index (χ2v) is 6.44. The molecule has 1 aliphatic carbocycles. The van der Waals surface area contributed by atoms with Gasteiger partial charge in [0.15, 0.2) is 0 Å². The van der Waals surface area contributed by atoms with E-state index in [-0.39, 0.29) is 6.04 Å². The summed E-state index contributed by atoms with van der Waals surface area (Å²) in [5.41, 5.74) is 5.58. The number of halogens is 1. The maximum Gasteiger partial charge on any atom is 0.0463 e. The molecule has 1 aromatic carbocycles. The highest BCUT2D eigenvalue weighted by molar-refractivity contribution is 9.10. The Labute approximate surface area is 118 Å². The maximum absolute atomic E-state index is 5.76. The third-order valence-electron chi connectivity index (χ3n) is 3.96. The number of benzene rings is 1. The van der Waals surface area contributed by atoms with Gasteiger partial charge in [-0.2, -0.15) is 0 Å². The van der Waals surface area contributed by atoms with Crippen molar-refractivity contribution in [3.63, 3.8) is 0 Å². The molecule has 0 spiro atoms. The first-order valence-corrected chi connectivity index (χ1v) is 7.71. The smallest absolute Gasteiger partial charge is 0.0463 e. The van der Waals surface area contributed by atoms with E-state index in [2.05, 4.69) is 46.5 Å². The second-order valence-electron chi connectivity index (χ2n) is 5.52. The van der Waals surface area contributed by atoms with Gasteiger partial charge in [-0.15, -0.1) is 0 Å². The number of hydrogen-bond donors (Lipinski definition) is 2. The van der Waals surface area contributed by atoms with Crippen LogP contribution in [0.4, 0.5) is 0 Å². The molecule has 1 saturated carbocycles. The molecule has 2 rings (SSSR count). The Bertz CT molecular complexity index is 366. The van der Waals surface area contributed by atoms with E-state index < -0.39 is 0 Å². The molecule has 0 aromatic heterocycles. The fraction of sp³-hybridized carbons (Fsp3) is 0.600. The van der Waals surface area contributed by atoms with Gasteiger partial charge in [-0.3, -0.25) is 11.3 Å². The third kappa shape index (κ3) is 3.81. The first-order valence-electron chi connectivity index (χ1n) is 6.92. The molecule has 0 saturated heterocycles. The van der Waals surface area contributed by atoms with Crippen LogP contribution in [0.5, 0.6) is 0 Å². The molecule has 3 N–H and O–H groups in total. The van der Waals surface area contributed by atoms with Gasteiger partial charge < -0.3 is 0 Å². The third-order valence-corrected chi connectivity index (χ3v) is 4.42. The van der Waals surface area contributed by atoms with Gasteiger partial charge in [-0.05, 0) is 42.5 Å². The minimum atomic E-state index is 0.282. The molecule has 18 heavy (non-hydrogen) atoms. The molecule has 1 fully saturated rings. The van der Waals surface area contributed by atoms with Crippen molar-refractivity contribution in [1.82, 2.24) is 5.43 Å². The summed E-state index contributed by atoms with van der Waals surface area (Å²) in [7, 11) is 0. The number of rotatable bonds is 4. The Hall–Kier alpha value is -0.380. The Kier molecular flexibility index (Phi) is 5.22. The van der Waals surface area contributed by atoms with Crippen molar-refractivity contribution in [3.05, 3.63) is 33.8 Å². The van der Waals surface area contributed by atoms with Crippen LogP contribution in [0.2, 0.25) is 0 Å². The average molecular weight is 311 g/mol. The molecular weight excluding hydrogens is 288 g/mol. The Morgan fingerprint density at radius 1 is 1.28 bits per heavy atom. The minimum absolute atomic E-state index is 0.282. The number of hydrogen-bond acceptors (Lipinski definition) is 2. The van der Waals surface area contributed by atoms with E-state index in [9.17, 15) is 0 Å². The summed E-state index contributed by atoms with van der Waals surface area (Å²) >= 11 is 3.57. The second kappa shape index (κ2) is 6.69. The van der Waals surface area contributed by atoms with Crippen LogP contribution in [0.15, 0.2) is 22.7 Å². The van der Waals surface area contributed by atoms with Gasteiger partial charge in [0.25, 0.3) is 0 Å². The number of nitrogens with one attached hydrogen (secondary N) is 1. The first kappa shape index (κ1) is 14.0. The zero-order valence-electron chi connectivity index (χ0n) is 11.1. The average Bonchev–Trinajstić information content (AvgIpc) is 2.36. The maximum atomic E-state index is 5.76. The molecule has 100 valence electrons. The van der Waals surface area contributed by atoms with E-state index in [0.29, 0.717) is 0 Å². The summed E-state index contributed by atoms with van der Waals surface area (Å²) in [5.74, 6) is 6.59. The zero-order chi connectivity index (χ0) is 13.0. The van der Waals surface area contributed by atoms with Crippen molar-refractivity contribution < 1.29 is 0 Å². The summed E-state index contributed by atoms with van der Waals surface area (Å²) in [6.07, 6.45) is 8.08. The van der Waals surface area contributed by atoms with E-state index in [4.69, 9.17) is 5.84 Å². The highest BCUT2D eigenvalue weighted by Crippen LogP contribution is 2.32. The van der Waals surface area contributed by atoms with Crippen molar-refractivity contribution in [1.29, 1.82) is 0 Å². The molecule has 0 aliphatic heterocycles. The highest BCUT2D eigenvalue weighted by atomic mass is 79.9. The lowest BCUT2D eigenvalue weighted by atomic mass is 9.83. The van der Waals surface area contributed by atoms with E-state index in [0.717, 1.165) is 16.8 Å². The lowest BCUT2D eigenvalue weighted by molar-refractivity contribution is 0.301. The van der Waals surface area contributed by atoms with Gasteiger partial charge in [0, 0.05) is 10.5 Å². The van der Waals surface area contributed by atoms with Crippen molar-refractivity contribution in [3.8, 4) is 0 Å². The summed E-state index contributed by atoms with van der Waals surface area (Å²) in [6.45, 7) is 2.13. The van der Waals surface area contributed by atoms with E-state index in [1.54, 1.807) is 0 Å². The number of hydrazine groups is 1. The Morgan fingerprint density at radius 3 is 2.61 bits per heavy atom. The summed E-state index contributed by atoms with van der Waals surface area (Å²) < 4.78 is 1.14. The fourth-order valence-corrected chi connectivity index (χ4v) is 3.65. The molecule has 1 aromatic rings. The predicted octanol–water partition coefficient (Wildman–Crippen LogP) is 4.23. The molecule has 1 atom stereocenters. The lowest BCUT2D eigenvalue weighted by Crippen LogP contribution is -2.30. The summed E-state index contributed by atoms with van der Waals surface area (Å²) in [6, 6.07) is 6.83. The first-order chi connectivity index (χ1) is 8.69. The monoisotopic (exact) mass is 310 g/mol. The Morgan fingerprint density at radius 2 is 2.00 bits per heavy atom. The summed E-state index contributed by atoms with van der Waals surface area (Å²) in [4.78, 5) is 0. The SMILES string of the molecule is Cc1cc(Br)cc(C(CC2CCCCC2)NN)c1. The van der Waals surface area contributed by atoms with Crippen LogP contribution in [0.3, 0.4) is 0 Å². The van der Waals surface area contributed by atoms with Crippen LogP contribution in [0.1, 0.15) is 55.7 Å². The largest absolute Gasteiger partial charge is 0.271 e. The van der Waals surface area contributed by atoms with E-state index >= 15 is 0 Å². The number of nitrogens with two attached hydrogens (primary N) is 1. The molecular formula is C15H23BrN2. The predicted molar refractivity (Wildman–Crippen MR) is 80.1 cm³/mol. The topological polar surface area (TPSA) is 38.0 Å². The molecule has 1 aliphatic rings. The van der Waals surface area contributed by atoms with Crippen molar-refractivity contribution >= 4 is 15.9 Å². The van der Waals surface area contributed by atoms with Crippen LogP contribution in [0.25, 0.3) is 0 Å². The molecule has 3 heteroatoms. The van der Waals surface area contributed by atoms with E-state index in [1.807, 2.05) is 0 Å². The van der Waals surface area contributed by atoms with Gasteiger partial charge in [0.05, 0.1) is 0 Å². The molecule has 1 unspecified atom stereocenters. The lowest BCUT2D eigenvalue weighted by Gasteiger charge is -2.26. The Balaban J connectivity index is 2.06. The van der Waals surface area contributed by atoms with Crippen LogP contribution in [-0.2, 0) is 0 Å². The normalized spacial score (nSPS) is 18.8. The standard InChI is InChI=1S/C15H23BrN2/c1-11-7-13(10-14(16)8-11)15(18-17)9-12-5-3-2-4-6-12/h7-8,10,12,15,18H,2-6,9,17H2,1H3. The van der Waals surface area contributed by atoms with Crippen molar-refractivity contribution in [2.45, 2.75) is 51.5 Å². The van der Waals surface area contributed by atoms with Crippen molar-refractivity contribution in [2.75, 3.05) is 0 Å². The van der Waals surface area contributed by atoms with Crippen molar-refractivity contribution in [2.24, 2.45) is 11.8 Å². The molecule has 0 radical (unpaired) electrons. The van der Waals surface area contributed by atoms with Crippen LogP contribution in [-0.4, -0.2) is 0 Å². The summed E-state index contributed by atoms with van der Waals surface area (Å²) in [5, 5.41) is 0. The van der Waals surface area contributed by atoms with Gasteiger partial charge in [0.1, 0.15) is 0 Å². The fourth-order valence-electron chi connectivity index (χ4n) is 3.02. The zero-order valence-corrected chi connectivity index (χ0v) is 12.7. The van der Waals surface area contributed by atoms with Gasteiger partial charge in [-0.1, -0.05) is 54.1 Å². The van der Waals surface area contributed by atoms with Crippen LogP contribution >= 0.6 is 15.9 Å². The van der Waals surface area contributed by atoms with Gasteiger partial charge in [-0.25, -0.2) is 0 Å².